The molecule has 1 unspecified atom stereocenters. The Bertz CT molecular complexity index is 491. The lowest BCUT2D eigenvalue weighted by atomic mass is 9.83. The molecule has 1 saturated heterocycles. The van der Waals surface area contributed by atoms with Gasteiger partial charge in [0.05, 0.1) is 17.5 Å². The smallest absolute Gasteiger partial charge is 0.0866 e. The zero-order valence-corrected chi connectivity index (χ0v) is 12.6. The van der Waals surface area contributed by atoms with Gasteiger partial charge in [-0.1, -0.05) is 12.2 Å². The summed E-state index contributed by atoms with van der Waals surface area (Å²) in [6, 6.07) is -0.147. The lowest BCUT2D eigenvalue weighted by Gasteiger charge is -2.32. The highest BCUT2D eigenvalue weighted by molar-refractivity contribution is 6.52. The minimum Gasteiger partial charge on any atom is -0.308 e. The van der Waals surface area contributed by atoms with E-state index in [9.17, 15) is 0 Å². The lowest BCUT2D eigenvalue weighted by Crippen LogP contribution is -2.34. The molecule has 108 valence electrons. The summed E-state index contributed by atoms with van der Waals surface area (Å²) < 4.78 is 0. The van der Waals surface area contributed by atoms with Crippen LogP contribution in [0.1, 0.15) is 26.7 Å². The third-order valence-electron chi connectivity index (χ3n) is 4.18. The predicted octanol–water partition coefficient (Wildman–Crippen LogP) is 2.71. The zero-order valence-electron chi connectivity index (χ0n) is 12.6. The summed E-state index contributed by atoms with van der Waals surface area (Å²) in [5.74, 6) is 0.494. The highest BCUT2D eigenvalue weighted by atomic mass is 15.1. The van der Waals surface area contributed by atoms with Gasteiger partial charge in [-0.15, -0.1) is 0 Å². The van der Waals surface area contributed by atoms with E-state index in [0.717, 1.165) is 31.6 Å². The van der Waals surface area contributed by atoms with Crippen molar-refractivity contribution >= 4 is 17.1 Å². The fourth-order valence-electron chi connectivity index (χ4n) is 2.64. The van der Waals surface area contributed by atoms with Crippen LogP contribution in [0.3, 0.4) is 0 Å². The highest BCUT2D eigenvalue weighted by Crippen LogP contribution is 2.27. The van der Waals surface area contributed by atoms with Gasteiger partial charge in [-0.3, -0.25) is 10.4 Å². The SMILES string of the molecule is CC(=N)C(C)N=C1C(=N)C=CC=C1C1CCN(C)CC1. The van der Waals surface area contributed by atoms with Crippen LogP contribution in [0.5, 0.6) is 0 Å². The first-order valence-electron chi connectivity index (χ1n) is 7.28. The molecule has 0 aromatic rings. The van der Waals surface area contributed by atoms with Crippen molar-refractivity contribution in [3.8, 4) is 0 Å². The maximum atomic E-state index is 8.13. The molecule has 0 aromatic heterocycles. The molecule has 20 heavy (non-hydrogen) atoms. The van der Waals surface area contributed by atoms with Gasteiger partial charge in [0.1, 0.15) is 0 Å². The molecule has 0 aromatic carbocycles. The standard InChI is InChI=1S/C16H24N4/c1-11(17)12(2)19-16-14(5-4-6-15(16)18)13-7-9-20(3)10-8-13/h4-6,12-13,17-18H,7-10H2,1-3H3. The Kier molecular flexibility index (Phi) is 4.65. The molecule has 4 heteroatoms. The van der Waals surface area contributed by atoms with Crippen LogP contribution in [0.25, 0.3) is 0 Å². The van der Waals surface area contributed by atoms with Gasteiger partial charge in [0, 0.05) is 5.71 Å². The molecule has 0 bridgehead atoms. The number of hydrogen-bond donors (Lipinski definition) is 2. The van der Waals surface area contributed by atoms with Crippen LogP contribution in [0, 0.1) is 16.7 Å². The van der Waals surface area contributed by atoms with Crippen molar-refractivity contribution in [2.24, 2.45) is 10.9 Å². The van der Waals surface area contributed by atoms with Crippen molar-refractivity contribution in [1.82, 2.24) is 4.90 Å². The van der Waals surface area contributed by atoms with Crippen LogP contribution in [-0.4, -0.2) is 48.2 Å². The van der Waals surface area contributed by atoms with Crippen LogP contribution in [0.4, 0.5) is 0 Å². The van der Waals surface area contributed by atoms with Gasteiger partial charge in [0.2, 0.25) is 0 Å². The largest absolute Gasteiger partial charge is 0.308 e. The quantitative estimate of drug-likeness (QED) is 0.602. The van der Waals surface area contributed by atoms with E-state index in [0.29, 0.717) is 17.3 Å². The Balaban J connectivity index is 2.24. The number of hydrogen-bond acceptors (Lipinski definition) is 4. The fraction of sp³-hybridized carbons (Fsp3) is 0.562. The molecule has 1 aliphatic heterocycles. The monoisotopic (exact) mass is 272 g/mol. The zero-order chi connectivity index (χ0) is 14.7. The van der Waals surface area contributed by atoms with Crippen molar-refractivity contribution in [3.05, 3.63) is 23.8 Å². The van der Waals surface area contributed by atoms with Crippen molar-refractivity contribution in [1.29, 1.82) is 10.8 Å². The van der Waals surface area contributed by atoms with E-state index in [4.69, 9.17) is 10.8 Å². The maximum Gasteiger partial charge on any atom is 0.0866 e. The van der Waals surface area contributed by atoms with Gasteiger partial charge in [0.25, 0.3) is 0 Å². The molecule has 0 spiro atoms. The summed E-state index contributed by atoms with van der Waals surface area (Å²) >= 11 is 0. The van der Waals surface area contributed by atoms with E-state index in [-0.39, 0.29) is 6.04 Å². The van der Waals surface area contributed by atoms with Crippen molar-refractivity contribution in [2.75, 3.05) is 20.1 Å². The van der Waals surface area contributed by atoms with E-state index in [1.807, 2.05) is 13.0 Å². The van der Waals surface area contributed by atoms with Crippen LogP contribution >= 0.6 is 0 Å². The van der Waals surface area contributed by atoms with Gasteiger partial charge in [-0.2, -0.15) is 0 Å². The van der Waals surface area contributed by atoms with Gasteiger partial charge in [-0.05, 0) is 64.4 Å². The van der Waals surface area contributed by atoms with Crippen molar-refractivity contribution < 1.29 is 0 Å². The minimum atomic E-state index is -0.147. The van der Waals surface area contributed by atoms with Crippen LogP contribution < -0.4 is 0 Å². The van der Waals surface area contributed by atoms with Crippen molar-refractivity contribution in [3.63, 3.8) is 0 Å². The second kappa shape index (κ2) is 6.27. The average Bonchev–Trinajstić information content (AvgIpc) is 2.42. The normalized spacial score (nSPS) is 24.9. The Morgan fingerprint density at radius 3 is 2.65 bits per heavy atom. The van der Waals surface area contributed by atoms with E-state index >= 15 is 0 Å². The minimum absolute atomic E-state index is 0.147. The Hall–Kier alpha value is -1.55. The molecule has 1 heterocycles. The third kappa shape index (κ3) is 3.31. The number of likely N-dealkylation sites (tertiary alicyclic amines) is 1. The lowest BCUT2D eigenvalue weighted by molar-refractivity contribution is 0.241. The van der Waals surface area contributed by atoms with Crippen LogP contribution in [0.2, 0.25) is 0 Å². The Morgan fingerprint density at radius 1 is 1.40 bits per heavy atom. The molecule has 0 radical (unpaired) electrons. The van der Waals surface area contributed by atoms with Gasteiger partial charge < -0.3 is 10.3 Å². The number of nitrogens with zero attached hydrogens (tertiary/aromatic N) is 2. The van der Waals surface area contributed by atoms with Gasteiger partial charge in [-0.25, -0.2) is 0 Å². The molecule has 0 amide bonds. The Labute approximate surface area is 121 Å². The first-order chi connectivity index (χ1) is 9.49. The molecule has 1 atom stereocenters. The maximum absolute atomic E-state index is 8.13. The molecule has 2 rings (SSSR count). The average molecular weight is 272 g/mol. The molecular weight excluding hydrogens is 248 g/mol. The highest BCUT2D eigenvalue weighted by Gasteiger charge is 2.26. The number of rotatable bonds is 3. The summed E-state index contributed by atoms with van der Waals surface area (Å²) in [5, 5.41) is 15.8. The predicted molar refractivity (Wildman–Crippen MR) is 85.5 cm³/mol. The molecule has 4 nitrogen and oxygen atoms in total. The Morgan fingerprint density at radius 2 is 2.05 bits per heavy atom. The summed E-state index contributed by atoms with van der Waals surface area (Å²) in [4.78, 5) is 6.98. The summed E-state index contributed by atoms with van der Waals surface area (Å²) in [6.45, 7) is 5.90. The number of nitrogens with one attached hydrogen (secondary N) is 2. The van der Waals surface area contributed by atoms with Crippen LogP contribution in [-0.2, 0) is 0 Å². The first kappa shape index (κ1) is 14.9. The second-order valence-electron chi connectivity index (χ2n) is 5.81. The van der Waals surface area contributed by atoms with E-state index in [1.54, 1.807) is 13.0 Å². The van der Waals surface area contributed by atoms with E-state index < -0.39 is 0 Å². The second-order valence-corrected chi connectivity index (χ2v) is 5.81. The molecule has 2 N–H and O–H groups in total. The fourth-order valence-corrected chi connectivity index (χ4v) is 2.64. The number of aliphatic imine (C=N–C) groups is 1. The molecule has 1 fully saturated rings. The van der Waals surface area contributed by atoms with E-state index in [2.05, 4.69) is 23.0 Å². The molecule has 1 aliphatic carbocycles. The molecule has 0 saturated carbocycles. The van der Waals surface area contributed by atoms with Crippen molar-refractivity contribution in [2.45, 2.75) is 32.7 Å². The van der Waals surface area contributed by atoms with Gasteiger partial charge >= 0.3 is 0 Å². The summed E-state index contributed by atoms with van der Waals surface area (Å²) in [5.41, 5.74) is 3.01. The van der Waals surface area contributed by atoms with Gasteiger partial charge in [0.15, 0.2) is 0 Å². The summed E-state index contributed by atoms with van der Waals surface area (Å²) in [7, 11) is 2.16. The third-order valence-corrected chi connectivity index (χ3v) is 4.18. The van der Waals surface area contributed by atoms with E-state index in [1.165, 1.54) is 5.57 Å². The summed E-state index contributed by atoms with van der Waals surface area (Å²) in [6.07, 6.45) is 8.11. The molecular formula is C16H24N4. The number of piperidine rings is 1. The molecule has 2 aliphatic rings. The first-order valence-corrected chi connectivity index (χ1v) is 7.28. The number of allylic oxidation sites excluding steroid dienone is 4. The topological polar surface area (TPSA) is 63.3 Å². The van der Waals surface area contributed by atoms with Crippen LogP contribution in [0.15, 0.2) is 28.8 Å².